The summed E-state index contributed by atoms with van der Waals surface area (Å²) in [5, 5.41) is 0. The molecule has 3 heteroatoms. The Morgan fingerprint density at radius 2 is 0.700 bits per heavy atom. The molecule has 0 amide bonds. The summed E-state index contributed by atoms with van der Waals surface area (Å²) in [6.07, 6.45) is 0. The van der Waals surface area contributed by atoms with Gasteiger partial charge in [-0.1, -0.05) is 153 Å². The van der Waals surface area contributed by atoms with E-state index >= 15 is 0 Å². The van der Waals surface area contributed by atoms with E-state index in [2.05, 4.69) is 80.4 Å². The van der Waals surface area contributed by atoms with E-state index in [0.29, 0.717) is 11.1 Å². The lowest BCUT2D eigenvalue weighted by molar-refractivity contribution is 0.103. The summed E-state index contributed by atoms with van der Waals surface area (Å²) in [5.41, 5.74) is 9.70. The largest absolute Gasteiger partial charge is 0.289 e. The van der Waals surface area contributed by atoms with Gasteiger partial charge in [-0.05, 0) is 57.6 Å². The highest BCUT2D eigenvalue weighted by Gasteiger charge is 2.21. The molecule has 0 bridgehead atoms. The maximum Gasteiger partial charge on any atom is 0.193 e. The van der Waals surface area contributed by atoms with Crippen LogP contribution in [-0.4, -0.2) is 5.78 Å². The van der Waals surface area contributed by atoms with E-state index < -0.39 is 0 Å². The maximum absolute atomic E-state index is 14.2. The van der Waals surface area contributed by atoms with Gasteiger partial charge < -0.3 is 0 Å². The molecule has 40 heavy (non-hydrogen) atoms. The van der Waals surface area contributed by atoms with Crippen LogP contribution in [0.15, 0.2) is 155 Å². The minimum absolute atomic E-state index is 0.0324. The zero-order valence-corrected chi connectivity index (χ0v) is 24.7. The Morgan fingerprint density at radius 1 is 0.400 bits per heavy atom. The van der Waals surface area contributed by atoms with Gasteiger partial charge in [-0.25, -0.2) is 0 Å². The first-order valence-electron chi connectivity index (χ1n) is 13.0. The van der Waals surface area contributed by atoms with E-state index in [9.17, 15) is 4.79 Å². The summed E-state index contributed by atoms with van der Waals surface area (Å²) in [7, 11) is 0. The second-order valence-corrected chi connectivity index (χ2v) is 11.3. The van der Waals surface area contributed by atoms with Gasteiger partial charge in [0.25, 0.3) is 0 Å². The maximum atomic E-state index is 14.2. The number of hydrogen-bond donors (Lipinski definition) is 0. The van der Waals surface area contributed by atoms with Crippen LogP contribution in [0.3, 0.4) is 0 Å². The summed E-state index contributed by atoms with van der Waals surface area (Å²) < 4.78 is 1.76. The molecule has 0 heterocycles. The van der Waals surface area contributed by atoms with Gasteiger partial charge in [0.15, 0.2) is 5.78 Å². The molecule has 0 spiro atoms. The van der Waals surface area contributed by atoms with Gasteiger partial charge in [-0.2, -0.15) is 0 Å². The van der Waals surface area contributed by atoms with Crippen molar-refractivity contribution in [3.05, 3.63) is 166 Å². The van der Waals surface area contributed by atoms with Crippen LogP contribution >= 0.6 is 31.9 Å². The predicted octanol–water partition coefficient (Wildman–Crippen LogP) is 11.1. The minimum atomic E-state index is -0.0324. The number of hydrogen-bond acceptors (Lipinski definition) is 1. The smallest absolute Gasteiger partial charge is 0.193 e. The topological polar surface area (TPSA) is 17.1 Å². The van der Waals surface area contributed by atoms with Crippen molar-refractivity contribution in [2.75, 3.05) is 0 Å². The molecule has 0 aliphatic heterocycles. The molecule has 0 aromatic heterocycles. The lowest BCUT2D eigenvalue weighted by Crippen LogP contribution is -2.04. The SMILES string of the molecule is O=C(c1cc(Br)c(-c2ccccc2)c(-c2ccccc2)c1)c1cc(Br)c(-c2ccccc2)c(-c2ccccc2)c1. The molecule has 6 aromatic carbocycles. The third kappa shape index (κ3) is 5.23. The average Bonchev–Trinajstić information content (AvgIpc) is 3.01. The molecule has 0 saturated heterocycles. The molecule has 0 aliphatic carbocycles. The molecule has 192 valence electrons. The third-order valence-corrected chi connectivity index (χ3v) is 8.25. The van der Waals surface area contributed by atoms with Crippen molar-refractivity contribution < 1.29 is 4.79 Å². The minimum Gasteiger partial charge on any atom is -0.289 e. The van der Waals surface area contributed by atoms with Crippen LogP contribution in [0.4, 0.5) is 0 Å². The van der Waals surface area contributed by atoms with E-state index in [-0.39, 0.29) is 5.78 Å². The van der Waals surface area contributed by atoms with Gasteiger partial charge in [0.2, 0.25) is 0 Å². The number of rotatable bonds is 6. The highest BCUT2D eigenvalue weighted by molar-refractivity contribution is 9.11. The van der Waals surface area contributed by atoms with Crippen molar-refractivity contribution in [3.8, 4) is 44.5 Å². The van der Waals surface area contributed by atoms with Gasteiger partial charge in [0, 0.05) is 31.2 Å². The Hall–Kier alpha value is -4.05. The van der Waals surface area contributed by atoms with Crippen LogP contribution in [0.5, 0.6) is 0 Å². The van der Waals surface area contributed by atoms with Gasteiger partial charge in [-0.3, -0.25) is 4.79 Å². The van der Waals surface area contributed by atoms with Crippen LogP contribution in [0.1, 0.15) is 15.9 Å². The number of carbonyl (C=O) groups excluding carboxylic acids is 1. The van der Waals surface area contributed by atoms with Gasteiger partial charge >= 0.3 is 0 Å². The number of halogens is 2. The fourth-order valence-corrected chi connectivity index (χ4v) is 6.51. The van der Waals surface area contributed by atoms with E-state index in [1.165, 1.54) is 0 Å². The van der Waals surface area contributed by atoms with Crippen molar-refractivity contribution >= 4 is 37.6 Å². The summed E-state index contributed by atoms with van der Waals surface area (Å²) in [6, 6.07) is 48.9. The van der Waals surface area contributed by atoms with Crippen molar-refractivity contribution in [1.29, 1.82) is 0 Å². The summed E-state index contributed by atoms with van der Waals surface area (Å²) in [5.74, 6) is -0.0324. The lowest BCUT2D eigenvalue weighted by atomic mass is 9.88. The van der Waals surface area contributed by atoms with Gasteiger partial charge in [-0.15, -0.1) is 0 Å². The van der Waals surface area contributed by atoms with E-state index in [1.807, 2.05) is 97.1 Å². The first kappa shape index (κ1) is 26.2. The number of benzene rings is 6. The van der Waals surface area contributed by atoms with Crippen molar-refractivity contribution in [3.63, 3.8) is 0 Å². The first-order valence-corrected chi connectivity index (χ1v) is 14.6. The second kappa shape index (κ2) is 11.6. The molecular formula is C37H24Br2O. The zero-order chi connectivity index (χ0) is 27.5. The molecule has 0 radical (unpaired) electrons. The van der Waals surface area contributed by atoms with E-state index in [4.69, 9.17) is 0 Å². The van der Waals surface area contributed by atoms with Crippen LogP contribution < -0.4 is 0 Å². The van der Waals surface area contributed by atoms with Gasteiger partial charge in [0.05, 0.1) is 0 Å². The van der Waals surface area contributed by atoms with Crippen LogP contribution in [0.2, 0.25) is 0 Å². The molecule has 6 rings (SSSR count). The predicted molar refractivity (Wildman–Crippen MR) is 173 cm³/mol. The molecule has 0 saturated carbocycles. The fraction of sp³-hybridized carbons (Fsp3) is 0. The standard InChI is InChI=1S/C37H24Br2O/c38-33-23-29(21-31(25-13-5-1-6-14-25)35(33)27-17-9-3-10-18-27)37(40)30-22-32(26-15-7-2-8-16-26)36(34(39)24-30)28-19-11-4-12-20-28/h1-24H. The molecule has 0 aliphatic rings. The first-order chi connectivity index (χ1) is 19.6. The summed E-state index contributed by atoms with van der Waals surface area (Å²) >= 11 is 7.64. The summed E-state index contributed by atoms with van der Waals surface area (Å²) in [4.78, 5) is 14.2. The number of ketones is 1. The second-order valence-electron chi connectivity index (χ2n) is 9.55. The average molecular weight is 644 g/mol. The van der Waals surface area contributed by atoms with Crippen LogP contribution in [-0.2, 0) is 0 Å². The van der Waals surface area contributed by atoms with Crippen molar-refractivity contribution in [2.45, 2.75) is 0 Å². The lowest BCUT2D eigenvalue weighted by Gasteiger charge is -2.17. The third-order valence-electron chi connectivity index (χ3n) is 7.00. The molecule has 0 N–H and O–H groups in total. The number of carbonyl (C=O) groups is 1. The van der Waals surface area contributed by atoms with Crippen molar-refractivity contribution in [1.82, 2.24) is 0 Å². The zero-order valence-electron chi connectivity index (χ0n) is 21.5. The molecule has 1 nitrogen and oxygen atoms in total. The normalized spacial score (nSPS) is 10.8. The molecule has 0 unspecified atom stereocenters. The Labute approximate surface area is 251 Å². The van der Waals surface area contributed by atoms with Crippen LogP contribution in [0.25, 0.3) is 44.5 Å². The molecule has 0 atom stereocenters. The quantitative estimate of drug-likeness (QED) is 0.165. The highest BCUT2D eigenvalue weighted by atomic mass is 79.9. The monoisotopic (exact) mass is 642 g/mol. The molecule has 6 aromatic rings. The molecular weight excluding hydrogens is 620 g/mol. The Bertz CT molecular complexity index is 1660. The Balaban J connectivity index is 1.53. The van der Waals surface area contributed by atoms with E-state index in [0.717, 1.165) is 53.5 Å². The van der Waals surface area contributed by atoms with Gasteiger partial charge in [0.1, 0.15) is 0 Å². The summed E-state index contributed by atoms with van der Waals surface area (Å²) in [6.45, 7) is 0. The fourth-order valence-electron chi connectivity index (χ4n) is 5.13. The van der Waals surface area contributed by atoms with Crippen molar-refractivity contribution in [2.24, 2.45) is 0 Å². The highest BCUT2D eigenvalue weighted by Crippen LogP contribution is 2.42. The molecule has 0 fully saturated rings. The Morgan fingerprint density at radius 3 is 1.02 bits per heavy atom. The van der Waals surface area contributed by atoms with E-state index in [1.54, 1.807) is 0 Å². The Kier molecular flexibility index (Phi) is 7.59. The van der Waals surface area contributed by atoms with Crippen LogP contribution in [0, 0.1) is 0 Å².